The molecule has 1 atom stereocenters. The lowest BCUT2D eigenvalue weighted by Gasteiger charge is -2.26. The first-order valence-electron chi connectivity index (χ1n) is 6.94. The lowest BCUT2D eigenvalue weighted by Crippen LogP contribution is -2.46. The average Bonchev–Trinajstić information content (AvgIpc) is 2.48. The van der Waals surface area contributed by atoms with Crippen LogP contribution in [0, 0.1) is 18.7 Å². The number of halogens is 2. The highest BCUT2D eigenvalue weighted by Crippen LogP contribution is 2.17. The zero-order chi connectivity index (χ0) is 14.5. The van der Waals surface area contributed by atoms with Gasteiger partial charge in [-0.05, 0) is 42.9 Å². The SMILES string of the molecule is Cc1cc(CNC(=O)C(N)C2CCOCC2)ccc1F.Cl. The number of ether oxygens (including phenoxy) is 1. The van der Waals surface area contributed by atoms with Crippen LogP contribution in [-0.4, -0.2) is 25.2 Å². The van der Waals surface area contributed by atoms with Crippen molar-refractivity contribution in [2.24, 2.45) is 11.7 Å². The maximum absolute atomic E-state index is 13.1. The summed E-state index contributed by atoms with van der Waals surface area (Å²) in [5.41, 5.74) is 7.43. The zero-order valence-electron chi connectivity index (χ0n) is 12.1. The number of aryl methyl sites for hydroxylation is 1. The minimum atomic E-state index is -0.500. The molecule has 1 aromatic carbocycles. The largest absolute Gasteiger partial charge is 0.381 e. The van der Waals surface area contributed by atoms with Gasteiger partial charge in [0.1, 0.15) is 5.82 Å². The zero-order valence-corrected chi connectivity index (χ0v) is 12.9. The summed E-state index contributed by atoms with van der Waals surface area (Å²) < 4.78 is 18.4. The Morgan fingerprint density at radius 3 is 2.76 bits per heavy atom. The number of benzene rings is 1. The molecule has 6 heteroatoms. The van der Waals surface area contributed by atoms with Crippen LogP contribution < -0.4 is 11.1 Å². The van der Waals surface area contributed by atoms with Crippen molar-refractivity contribution in [2.75, 3.05) is 13.2 Å². The molecule has 0 radical (unpaired) electrons. The summed E-state index contributed by atoms with van der Waals surface area (Å²) in [5.74, 6) is -0.212. The fourth-order valence-electron chi connectivity index (χ4n) is 2.41. The molecule has 0 saturated carbocycles. The van der Waals surface area contributed by atoms with Crippen molar-refractivity contribution in [1.29, 1.82) is 0 Å². The van der Waals surface area contributed by atoms with E-state index in [1.54, 1.807) is 19.1 Å². The van der Waals surface area contributed by atoms with Crippen LogP contribution >= 0.6 is 12.4 Å². The van der Waals surface area contributed by atoms with Gasteiger partial charge in [0, 0.05) is 19.8 Å². The molecule has 1 heterocycles. The fraction of sp³-hybridized carbons (Fsp3) is 0.533. The summed E-state index contributed by atoms with van der Waals surface area (Å²) in [6.07, 6.45) is 1.65. The molecule has 21 heavy (non-hydrogen) atoms. The highest BCUT2D eigenvalue weighted by atomic mass is 35.5. The van der Waals surface area contributed by atoms with Gasteiger partial charge in [0.05, 0.1) is 6.04 Å². The van der Waals surface area contributed by atoms with Gasteiger partial charge in [0.15, 0.2) is 0 Å². The molecule has 3 N–H and O–H groups in total. The monoisotopic (exact) mass is 316 g/mol. The van der Waals surface area contributed by atoms with Crippen LogP contribution in [0.25, 0.3) is 0 Å². The summed E-state index contributed by atoms with van der Waals surface area (Å²) >= 11 is 0. The van der Waals surface area contributed by atoms with E-state index in [1.807, 2.05) is 0 Å². The molecule has 1 fully saturated rings. The van der Waals surface area contributed by atoms with Gasteiger partial charge in [-0.3, -0.25) is 4.79 Å². The average molecular weight is 317 g/mol. The number of hydrogen-bond acceptors (Lipinski definition) is 3. The van der Waals surface area contributed by atoms with Crippen LogP contribution in [0.3, 0.4) is 0 Å². The van der Waals surface area contributed by atoms with Gasteiger partial charge in [0.25, 0.3) is 0 Å². The van der Waals surface area contributed by atoms with Crippen LogP contribution in [0.15, 0.2) is 18.2 Å². The Balaban J connectivity index is 0.00000220. The third kappa shape index (κ3) is 4.95. The third-order valence-corrected chi connectivity index (χ3v) is 3.77. The normalized spacial score (nSPS) is 16.9. The van der Waals surface area contributed by atoms with E-state index in [0.717, 1.165) is 18.4 Å². The van der Waals surface area contributed by atoms with Crippen molar-refractivity contribution in [3.8, 4) is 0 Å². The number of nitrogens with one attached hydrogen (secondary N) is 1. The van der Waals surface area contributed by atoms with Gasteiger partial charge in [0.2, 0.25) is 5.91 Å². The van der Waals surface area contributed by atoms with Crippen LogP contribution in [0.1, 0.15) is 24.0 Å². The summed E-state index contributed by atoms with van der Waals surface area (Å²) in [6.45, 7) is 3.41. The number of carbonyl (C=O) groups is 1. The molecule has 0 bridgehead atoms. The Bertz CT molecular complexity index is 479. The second kappa shape index (κ2) is 8.32. The molecule has 0 aromatic heterocycles. The number of hydrogen-bond donors (Lipinski definition) is 2. The Labute approximate surface area is 130 Å². The first-order chi connectivity index (χ1) is 9.58. The van der Waals surface area contributed by atoms with Gasteiger partial charge in [-0.15, -0.1) is 12.4 Å². The molecule has 1 aromatic rings. The van der Waals surface area contributed by atoms with E-state index >= 15 is 0 Å². The molecule has 0 spiro atoms. The van der Waals surface area contributed by atoms with Crippen molar-refractivity contribution in [1.82, 2.24) is 5.32 Å². The lowest BCUT2D eigenvalue weighted by atomic mass is 9.92. The summed E-state index contributed by atoms with van der Waals surface area (Å²) in [4.78, 5) is 12.0. The second-order valence-corrected chi connectivity index (χ2v) is 5.28. The van der Waals surface area contributed by atoms with E-state index in [4.69, 9.17) is 10.5 Å². The molecular formula is C15H22ClFN2O2. The molecule has 118 valence electrons. The molecule has 1 saturated heterocycles. The van der Waals surface area contributed by atoms with E-state index in [2.05, 4.69) is 5.32 Å². The van der Waals surface area contributed by atoms with E-state index < -0.39 is 6.04 Å². The topological polar surface area (TPSA) is 64.4 Å². The van der Waals surface area contributed by atoms with Crippen molar-refractivity contribution < 1.29 is 13.9 Å². The Morgan fingerprint density at radius 1 is 1.48 bits per heavy atom. The highest BCUT2D eigenvalue weighted by molar-refractivity contribution is 5.85. The first kappa shape index (κ1) is 17.9. The molecule has 1 amide bonds. The minimum Gasteiger partial charge on any atom is -0.381 e. The maximum atomic E-state index is 13.1. The fourth-order valence-corrected chi connectivity index (χ4v) is 2.41. The van der Waals surface area contributed by atoms with Crippen LogP contribution in [0.2, 0.25) is 0 Å². The number of rotatable bonds is 4. The minimum absolute atomic E-state index is 0. The van der Waals surface area contributed by atoms with Crippen LogP contribution in [0.5, 0.6) is 0 Å². The standard InChI is InChI=1S/C15H21FN2O2.ClH/c1-10-8-11(2-3-13(10)16)9-18-15(19)14(17)12-4-6-20-7-5-12;/h2-3,8,12,14H,4-7,9,17H2,1H3,(H,18,19);1H. The summed E-state index contributed by atoms with van der Waals surface area (Å²) in [7, 11) is 0. The number of carbonyl (C=O) groups excluding carboxylic acids is 1. The third-order valence-electron chi connectivity index (χ3n) is 3.77. The second-order valence-electron chi connectivity index (χ2n) is 5.28. The Hall–Kier alpha value is -1.17. The summed E-state index contributed by atoms with van der Waals surface area (Å²) in [6, 6.07) is 4.31. The Morgan fingerprint density at radius 2 is 2.14 bits per heavy atom. The van der Waals surface area contributed by atoms with Gasteiger partial charge < -0.3 is 15.8 Å². The van der Waals surface area contributed by atoms with E-state index in [-0.39, 0.29) is 30.0 Å². The van der Waals surface area contributed by atoms with E-state index in [1.165, 1.54) is 6.07 Å². The molecule has 1 unspecified atom stereocenters. The molecular weight excluding hydrogens is 295 g/mol. The van der Waals surface area contributed by atoms with Gasteiger partial charge >= 0.3 is 0 Å². The smallest absolute Gasteiger partial charge is 0.237 e. The predicted molar refractivity (Wildman–Crippen MR) is 81.8 cm³/mol. The van der Waals surface area contributed by atoms with Crippen molar-refractivity contribution in [3.63, 3.8) is 0 Å². The summed E-state index contributed by atoms with van der Waals surface area (Å²) in [5, 5.41) is 2.82. The van der Waals surface area contributed by atoms with Crippen LogP contribution in [0.4, 0.5) is 4.39 Å². The first-order valence-corrected chi connectivity index (χ1v) is 6.94. The predicted octanol–water partition coefficient (Wildman–Crippen LogP) is 1.93. The van der Waals surface area contributed by atoms with Crippen molar-refractivity contribution in [3.05, 3.63) is 35.1 Å². The van der Waals surface area contributed by atoms with Crippen molar-refractivity contribution >= 4 is 18.3 Å². The molecule has 1 aliphatic rings. The van der Waals surface area contributed by atoms with Gasteiger partial charge in [-0.25, -0.2) is 4.39 Å². The molecule has 4 nitrogen and oxygen atoms in total. The Kier molecular flexibility index (Phi) is 7.08. The quantitative estimate of drug-likeness (QED) is 0.892. The van der Waals surface area contributed by atoms with E-state index in [0.29, 0.717) is 25.3 Å². The maximum Gasteiger partial charge on any atom is 0.237 e. The number of amides is 1. The van der Waals surface area contributed by atoms with E-state index in [9.17, 15) is 9.18 Å². The highest BCUT2D eigenvalue weighted by Gasteiger charge is 2.26. The lowest BCUT2D eigenvalue weighted by molar-refractivity contribution is -0.124. The molecule has 2 rings (SSSR count). The number of nitrogens with two attached hydrogens (primary N) is 1. The van der Waals surface area contributed by atoms with Crippen molar-refractivity contribution in [2.45, 2.75) is 32.4 Å². The molecule has 0 aliphatic carbocycles. The molecule has 1 aliphatic heterocycles. The van der Waals surface area contributed by atoms with Crippen LogP contribution in [-0.2, 0) is 16.1 Å². The van der Waals surface area contributed by atoms with Gasteiger partial charge in [-0.1, -0.05) is 12.1 Å². The van der Waals surface area contributed by atoms with Gasteiger partial charge in [-0.2, -0.15) is 0 Å².